The fourth-order valence-electron chi connectivity index (χ4n) is 2.64. The van der Waals surface area contributed by atoms with Crippen LogP contribution in [0.2, 0.25) is 0 Å². The van der Waals surface area contributed by atoms with Gasteiger partial charge in [0.05, 0.1) is 11.4 Å². The summed E-state index contributed by atoms with van der Waals surface area (Å²) < 4.78 is 64.6. The van der Waals surface area contributed by atoms with Crippen LogP contribution in [0.5, 0.6) is 0 Å². The van der Waals surface area contributed by atoms with Gasteiger partial charge in [-0.1, -0.05) is 24.4 Å². The predicted octanol–water partition coefficient (Wildman–Crippen LogP) is 7.01. The van der Waals surface area contributed by atoms with Gasteiger partial charge in [0.15, 0.2) is 0 Å². The molecule has 5 rings (SSSR count). The molecule has 0 atom stereocenters. The van der Waals surface area contributed by atoms with Crippen molar-refractivity contribution in [2.45, 2.75) is 6.29 Å². The van der Waals surface area contributed by atoms with E-state index in [0.717, 1.165) is 11.4 Å². The number of thiocarbonyl (C=S) groups is 1. The average Bonchev–Trinajstić information content (AvgIpc) is 3.65. The zero-order valence-corrected chi connectivity index (χ0v) is 22.8. The Morgan fingerprint density at radius 2 is 0.949 bits per heavy atom. The van der Waals surface area contributed by atoms with Crippen molar-refractivity contribution in [2.75, 3.05) is 0 Å². The van der Waals surface area contributed by atoms with E-state index in [-0.39, 0.29) is 25.8 Å². The monoisotopic (exact) mass is 675 g/mol. The molecule has 0 amide bonds. The van der Waals surface area contributed by atoms with Gasteiger partial charge in [0.2, 0.25) is 6.29 Å². The zero-order valence-electron chi connectivity index (χ0n) is 19.4. The molecule has 0 fully saturated rings. The first kappa shape index (κ1) is 33.4. The van der Waals surface area contributed by atoms with E-state index in [0.29, 0.717) is 0 Å². The van der Waals surface area contributed by atoms with Gasteiger partial charge in [-0.15, -0.1) is 0 Å². The van der Waals surface area contributed by atoms with Crippen LogP contribution in [0.4, 0.5) is 25.2 Å². The van der Waals surface area contributed by atoms with Crippen molar-refractivity contribution in [1.29, 1.82) is 0 Å². The molecule has 5 heterocycles. The molecule has 9 nitrogen and oxygen atoms in total. The van der Waals surface area contributed by atoms with Crippen LogP contribution >= 0.6 is 20.0 Å². The van der Waals surface area contributed by atoms with Gasteiger partial charge < -0.3 is 5.41 Å². The van der Waals surface area contributed by atoms with Crippen LogP contribution in [-0.4, -0.2) is 44.5 Å². The van der Waals surface area contributed by atoms with Crippen LogP contribution in [0.3, 0.4) is 0 Å². The number of nitrogens with zero attached hydrogens (tertiary/aromatic N) is 9. The van der Waals surface area contributed by atoms with E-state index in [1.54, 1.807) is 45.0 Å². The Morgan fingerprint density at radius 1 is 0.641 bits per heavy atom. The van der Waals surface area contributed by atoms with Crippen LogP contribution in [0.1, 0.15) is 6.29 Å². The summed E-state index contributed by atoms with van der Waals surface area (Å²) in [6.45, 7) is 0. The van der Waals surface area contributed by atoms with Gasteiger partial charge in [-0.25, -0.2) is 14.0 Å². The fraction of sp³-hybridized carbons (Fsp3) is 0.0476. The molecule has 0 aliphatic carbocycles. The SMILES string of the molecule is F[P-](F)(F)(F)(F)F.[N-]=C=S.[Ru+2].c1ccc(-c2ccccn2)nc1.c1cnn(C(n2cccn2)n2cccn2)c1. The van der Waals surface area contributed by atoms with E-state index in [2.05, 4.69) is 37.5 Å². The number of rotatable bonds is 4. The van der Waals surface area contributed by atoms with Crippen LogP contribution < -0.4 is 0 Å². The number of halogens is 6. The average molecular weight is 675 g/mol. The van der Waals surface area contributed by atoms with Crippen molar-refractivity contribution in [3.63, 3.8) is 0 Å². The molecule has 0 unspecified atom stereocenters. The standard InChI is InChI=1S/C10H10N6.C10H8N2.CNS.F6P.Ru/c1-4-11-14(7-1)10(15-8-2-5-12-15)16-9-3-6-13-16;1-3-7-11-9(5-1)10-6-2-4-8-12-10;2-1-3;1-7(2,3,4,5)6;/h1-10H;1-8H;;;/q;;2*-1;+2. The van der Waals surface area contributed by atoms with E-state index in [9.17, 15) is 25.2 Å². The minimum atomic E-state index is -10.7. The van der Waals surface area contributed by atoms with Crippen molar-refractivity contribution in [3.8, 4) is 11.4 Å². The van der Waals surface area contributed by atoms with Crippen molar-refractivity contribution in [2.24, 2.45) is 0 Å². The molecule has 0 N–H and O–H groups in total. The Labute approximate surface area is 236 Å². The number of isothiocyanates is 1. The fourth-order valence-corrected chi connectivity index (χ4v) is 2.64. The van der Waals surface area contributed by atoms with E-state index in [4.69, 9.17) is 5.41 Å². The Morgan fingerprint density at radius 3 is 1.15 bits per heavy atom. The molecular formula is C21H18F6N9PRuS. The molecule has 0 aliphatic rings. The summed E-state index contributed by atoms with van der Waals surface area (Å²) in [4.78, 5) is 8.37. The summed E-state index contributed by atoms with van der Waals surface area (Å²) in [5.41, 5.74) is 1.83. The number of aromatic nitrogens is 8. The largest absolute Gasteiger partial charge is 2.00 e. The summed E-state index contributed by atoms with van der Waals surface area (Å²) in [7, 11) is -10.7. The number of hydrogen-bond donors (Lipinski definition) is 0. The Kier molecular flexibility index (Phi) is 11.9. The summed E-state index contributed by atoms with van der Waals surface area (Å²) in [5.74, 6) is 0. The molecule has 39 heavy (non-hydrogen) atoms. The Hall–Kier alpha value is -3.64. The van der Waals surface area contributed by atoms with E-state index in [1.165, 1.54) is 5.16 Å². The number of hydrogen-bond acceptors (Lipinski definition) is 6. The van der Waals surface area contributed by atoms with Crippen LogP contribution in [0.25, 0.3) is 16.8 Å². The van der Waals surface area contributed by atoms with Gasteiger partial charge in [-0.3, -0.25) is 9.97 Å². The first-order valence-corrected chi connectivity index (χ1v) is 12.6. The smallest absolute Gasteiger partial charge is 0.753 e. The molecule has 0 radical (unpaired) electrons. The summed E-state index contributed by atoms with van der Waals surface area (Å²) in [6.07, 6.45) is 14.2. The summed E-state index contributed by atoms with van der Waals surface area (Å²) in [5, 5.41) is 21.1. The third-order valence-corrected chi connectivity index (χ3v) is 3.88. The second-order valence-corrected chi connectivity index (χ2v) is 8.88. The maximum absolute atomic E-state index is 10.7. The minimum absolute atomic E-state index is 0. The predicted molar refractivity (Wildman–Crippen MR) is 134 cm³/mol. The van der Waals surface area contributed by atoms with Gasteiger partial charge >= 0.3 is 52.5 Å². The Balaban J connectivity index is 0.000000294. The van der Waals surface area contributed by atoms with Gasteiger partial charge in [-0.05, 0) is 42.5 Å². The maximum atomic E-state index is 9.87. The third-order valence-electron chi connectivity index (χ3n) is 3.88. The molecule has 0 bridgehead atoms. The van der Waals surface area contributed by atoms with Crippen LogP contribution in [0, 0.1) is 0 Å². The number of pyridine rings is 2. The van der Waals surface area contributed by atoms with Crippen LogP contribution in [-0.2, 0) is 19.5 Å². The van der Waals surface area contributed by atoms with E-state index < -0.39 is 7.81 Å². The van der Waals surface area contributed by atoms with Crippen molar-refractivity contribution in [1.82, 2.24) is 39.3 Å². The zero-order chi connectivity index (χ0) is 28.1. The van der Waals surface area contributed by atoms with E-state index in [1.807, 2.05) is 73.2 Å². The van der Waals surface area contributed by atoms with Gasteiger partial charge in [0, 0.05) is 49.6 Å². The van der Waals surface area contributed by atoms with Crippen molar-refractivity contribution in [3.05, 3.63) is 110 Å². The molecular weight excluding hydrogens is 656 g/mol. The Bertz CT molecular complexity index is 1240. The maximum Gasteiger partial charge on any atom is 2.00 e. The molecule has 5 aromatic rings. The van der Waals surface area contributed by atoms with Gasteiger partial charge in [-0.2, -0.15) is 20.5 Å². The first-order chi connectivity index (χ1) is 17.8. The first-order valence-electron chi connectivity index (χ1n) is 10.2. The molecule has 18 heteroatoms. The minimum Gasteiger partial charge on any atom is -0.753 e. The summed E-state index contributed by atoms with van der Waals surface area (Å²) >= 11 is 3.70. The molecule has 0 spiro atoms. The normalized spacial score (nSPS) is 11.9. The van der Waals surface area contributed by atoms with Crippen LogP contribution in [0.15, 0.2) is 104 Å². The second kappa shape index (κ2) is 14.0. The molecule has 5 aromatic heterocycles. The third kappa shape index (κ3) is 14.8. The molecule has 0 aromatic carbocycles. The molecule has 0 saturated carbocycles. The van der Waals surface area contributed by atoms with Crippen molar-refractivity contribution >= 4 is 25.2 Å². The molecule has 0 aliphatic heterocycles. The van der Waals surface area contributed by atoms with Gasteiger partial charge in [0.25, 0.3) is 0 Å². The van der Waals surface area contributed by atoms with E-state index >= 15 is 0 Å². The quantitative estimate of drug-likeness (QED) is 0.0669. The van der Waals surface area contributed by atoms with Crippen molar-refractivity contribution < 1.29 is 44.7 Å². The molecule has 0 saturated heterocycles. The second-order valence-electron chi connectivity index (χ2n) is 6.78. The summed E-state index contributed by atoms with van der Waals surface area (Å²) in [6, 6.07) is 17.2. The van der Waals surface area contributed by atoms with Gasteiger partial charge in [0.1, 0.15) is 0 Å². The topological polar surface area (TPSA) is 102 Å². The molecule has 208 valence electrons.